The molecule has 0 saturated heterocycles. The summed E-state index contributed by atoms with van der Waals surface area (Å²) in [6, 6.07) is 84.1. The van der Waals surface area contributed by atoms with Crippen molar-refractivity contribution in [3.63, 3.8) is 0 Å². The smallest absolute Gasteiger partial charge is 0.00134 e. The molecule has 0 heterocycles. The molecule has 2 aliphatic rings. The van der Waals surface area contributed by atoms with Crippen LogP contribution in [0.5, 0.6) is 0 Å². The van der Waals surface area contributed by atoms with E-state index in [0.717, 1.165) is 0 Å². The lowest BCUT2D eigenvalue weighted by Gasteiger charge is -2.28. The van der Waals surface area contributed by atoms with Gasteiger partial charge in [-0.1, -0.05) is 289 Å². The minimum Gasteiger partial charge on any atom is -0.0622 e. The molecule has 0 heteroatoms. The molecular formula is C82H72. The summed E-state index contributed by atoms with van der Waals surface area (Å²) < 4.78 is 0. The Labute approximate surface area is 486 Å². The van der Waals surface area contributed by atoms with Gasteiger partial charge in [-0.3, -0.25) is 0 Å². The first-order valence-electron chi connectivity index (χ1n) is 29.7. The standard InChI is InChI=1S/C82H72/c1-79(2,3)53-41-51(42-54(45-53)80(4,5)6)59-35-36-60(52-43-55(81(7,8)9)46-56(44-52)82(10,11)12)76-68-40-38-66-70-48-72-71(47-69(70)65-37-39-67(75(59)76)78(68)77(65)66)73(61-31-21-19-29-57(61)49-25-15-13-16-26-49)63-33-23-24-34-64(63)74(72)62-32-22-20-30-58(62)50-27-17-14-18-28-50/h13-48H,1-12H3. The lowest BCUT2D eigenvalue weighted by Crippen LogP contribution is -2.16. The van der Waals surface area contributed by atoms with Crippen molar-refractivity contribution in [2.45, 2.75) is 105 Å². The molecule has 82 heavy (non-hydrogen) atoms. The summed E-state index contributed by atoms with van der Waals surface area (Å²) in [5.74, 6) is 0. The van der Waals surface area contributed by atoms with E-state index >= 15 is 0 Å². The lowest BCUT2D eigenvalue weighted by molar-refractivity contribution is 0.568. The van der Waals surface area contributed by atoms with Gasteiger partial charge in [-0.25, -0.2) is 0 Å². The Kier molecular flexibility index (Phi) is 11.6. The minimum atomic E-state index is -0.0322. The van der Waals surface area contributed by atoms with Crippen molar-refractivity contribution < 1.29 is 0 Å². The zero-order valence-electron chi connectivity index (χ0n) is 49.8. The van der Waals surface area contributed by atoms with Gasteiger partial charge in [-0.2, -0.15) is 0 Å². The molecule has 0 aromatic heterocycles. The van der Waals surface area contributed by atoms with E-state index in [2.05, 4.69) is 301 Å². The molecule has 0 radical (unpaired) electrons. The first-order chi connectivity index (χ1) is 39.2. The summed E-state index contributed by atoms with van der Waals surface area (Å²) in [5, 5.41) is 7.73. The molecule has 12 aromatic carbocycles. The van der Waals surface area contributed by atoms with Gasteiger partial charge in [0.1, 0.15) is 0 Å². The summed E-state index contributed by atoms with van der Waals surface area (Å²) in [6.45, 7) is 28.3. The Bertz CT molecular complexity index is 4250. The fraction of sp³-hybridized carbons (Fsp3) is 0.195. The average molecular weight is 1060 g/mol. The van der Waals surface area contributed by atoms with Gasteiger partial charge in [-0.15, -0.1) is 0 Å². The SMILES string of the molecule is CC(C)(C)c1cc(-c2ccc(-c3cc(C(C)(C)C)cc(C(C)(C)C)c3)c3c2-c2ccc4c5c(ccc-3c25)-c2cc3c(-c5ccccc5-c5ccccc5)c5ccccc5c(-c5ccccc5-c5ccccc5)c3cc2-4)cc(C(C)(C)C)c1. The highest BCUT2D eigenvalue weighted by atomic mass is 14.4. The molecule has 0 amide bonds. The van der Waals surface area contributed by atoms with Crippen LogP contribution < -0.4 is 0 Å². The lowest BCUT2D eigenvalue weighted by atomic mass is 9.77. The van der Waals surface area contributed by atoms with Crippen molar-refractivity contribution in [3.8, 4) is 111 Å². The van der Waals surface area contributed by atoms with Gasteiger partial charge in [-0.05, 0) is 200 Å². The molecule has 2 aliphatic carbocycles. The molecule has 0 unspecified atom stereocenters. The molecule has 400 valence electrons. The summed E-state index contributed by atoms with van der Waals surface area (Å²) in [4.78, 5) is 0. The van der Waals surface area contributed by atoms with Crippen LogP contribution in [0.15, 0.2) is 218 Å². The summed E-state index contributed by atoms with van der Waals surface area (Å²) >= 11 is 0. The highest BCUT2D eigenvalue weighted by Crippen LogP contribution is 2.61. The van der Waals surface area contributed by atoms with Crippen molar-refractivity contribution in [2.24, 2.45) is 0 Å². The van der Waals surface area contributed by atoms with Crippen LogP contribution >= 0.6 is 0 Å². The van der Waals surface area contributed by atoms with E-state index < -0.39 is 0 Å². The van der Waals surface area contributed by atoms with E-state index in [-0.39, 0.29) is 21.7 Å². The van der Waals surface area contributed by atoms with Gasteiger partial charge in [0.25, 0.3) is 0 Å². The third kappa shape index (κ3) is 8.23. The number of benzene rings is 12. The third-order valence-electron chi connectivity index (χ3n) is 18.2. The van der Waals surface area contributed by atoms with Crippen LogP contribution in [0, 0.1) is 0 Å². The van der Waals surface area contributed by atoms with Crippen LogP contribution in [-0.4, -0.2) is 0 Å². The first kappa shape index (κ1) is 51.6. The van der Waals surface area contributed by atoms with Gasteiger partial charge in [0.15, 0.2) is 0 Å². The number of fused-ring (bicyclic) bond motifs is 8. The molecule has 0 bridgehead atoms. The van der Waals surface area contributed by atoms with Gasteiger partial charge in [0, 0.05) is 0 Å². The van der Waals surface area contributed by atoms with E-state index in [1.54, 1.807) is 0 Å². The Morgan fingerprint density at radius 1 is 0.183 bits per heavy atom. The maximum atomic E-state index is 2.58. The van der Waals surface area contributed by atoms with Gasteiger partial charge in [0.05, 0.1) is 0 Å². The predicted molar refractivity (Wildman–Crippen MR) is 355 cm³/mol. The molecule has 14 rings (SSSR count). The molecule has 0 saturated carbocycles. The van der Waals surface area contributed by atoms with Crippen LogP contribution in [0.3, 0.4) is 0 Å². The average Bonchev–Trinajstić information content (AvgIpc) is 1.95. The summed E-state index contributed by atoms with van der Waals surface area (Å²) in [5.41, 5.74) is 30.9. The van der Waals surface area contributed by atoms with Gasteiger partial charge in [0.2, 0.25) is 0 Å². The topological polar surface area (TPSA) is 0 Å². The maximum Gasteiger partial charge on any atom is -0.00134 e. The quantitative estimate of drug-likeness (QED) is 0.146. The van der Waals surface area contributed by atoms with E-state index in [1.165, 1.54) is 166 Å². The number of rotatable bonds is 6. The van der Waals surface area contributed by atoms with E-state index in [1.807, 2.05) is 0 Å². The van der Waals surface area contributed by atoms with Crippen LogP contribution in [-0.2, 0) is 21.7 Å². The zero-order chi connectivity index (χ0) is 56.8. The normalized spacial score (nSPS) is 12.9. The van der Waals surface area contributed by atoms with Gasteiger partial charge < -0.3 is 0 Å². The molecule has 0 nitrogen and oxygen atoms in total. The molecule has 0 atom stereocenters. The molecule has 0 N–H and O–H groups in total. The second-order valence-corrected chi connectivity index (χ2v) is 27.6. The summed E-state index contributed by atoms with van der Waals surface area (Å²) in [7, 11) is 0. The Balaban J connectivity index is 1.09. The number of hydrogen-bond donors (Lipinski definition) is 0. The van der Waals surface area contributed by atoms with E-state index in [9.17, 15) is 0 Å². The van der Waals surface area contributed by atoms with Crippen molar-refractivity contribution in [1.29, 1.82) is 0 Å². The summed E-state index contributed by atoms with van der Waals surface area (Å²) in [6.07, 6.45) is 0. The van der Waals surface area contributed by atoms with Crippen molar-refractivity contribution >= 4 is 32.3 Å². The monoisotopic (exact) mass is 1060 g/mol. The molecular weight excluding hydrogens is 985 g/mol. The van der Waals surface area contributed by atoms with Crippen molar-refractivity contribution in [3.05, 3.63) is 241 Å². The minimum absolute atomic E-state index is 0.0322. The Morgan fingerprint density at radius 2 is 0.476 bits per heavy atom. The molecule has 0 fully saturated rings. The highest BCUT2D eigenvalue weighted by Gasteiger charge is 2.35. The van der Waals surface area contributed by atoms with Gasteiger partial charge >= 0.3 is 0 Å². The van der Waals surface area contributed by atoms with E-state index in [0.29, 0.717) is 0 Å². The van der Waals surface area contributed by atoms with E-state index in [4.69, 9.17) is 0 Å². The zero-order valence-corrected chi connectivity index (χ0v) is 49.8. The molecule has 12 aromatic rings. The fourth-order valence-corrected chi connectivity index (χ4v) is 13.7. The van der Waals surface area contributed by atoms with Crippen LogP contribution in [0.4, 0.5) is 0 Å². The van der Waals surface area contributed by atoms with Crippen LogP contribution in [0.25, 0.3) is 144 Å². The fourth-order valence-electron chi connectivity index (χ4n) is 13.7. The van der Waals surface area contributed by atoms with Crippen LogP contribution in [0.2, 0.25) is 0 Å². The second kappa shape index (κ2) is 18.5. The molecule has 0 aliphatic heterocycles. The van der Waals surface area contributed by atoms with Crippen LogP contribution in [0.1, 0.15) is 105 Å². The predicted octanol–water partition coefficient (Wildman–Crippen LogP) is 23.6. The maximum absolute atomic E-state index is 2.58. The Hall–Kier alpha value is -8.58. The number of hydrogen-bond acceptors (Lipinski definition) is 0. The first-order valence-corrected chi connectivity index (χ1v) is 29.7. The Morgan fingerprint density at radius 3 is 0.829 bits per heavy atom. The molecule has 0 spiro atoms. The third-order valence-corrected chi connectivity index (χ3v) is 18.2. The van der Waals surface area contributed by atoms with Crippen molar-refractivity contribution in [1.82, 2.24) is 0 Å². The highest BCUT2D eigenvalue weighted by molar-refractivity contribution is 6.31. The second-order valence-electron chi connectivity index (χ2n) is 27.6. The largest absolute Gasteiger partial charge is 0.0622 e. The van der Waals surface area contributed by atoms with Crippen molar-refractivity contribution in [2.75, 3.05) is 0 Å².